The summed E-state index contributed by atoms with van der Waals surface area (Å²) in [5.74, 6) is 4.95. The molecular weight excluding hydrogens is 128 g/mol. The van der Waals surface area contributed by atoms with Crippen LogP contribution in [0.1, 0.15) is 32.6 Å². The van der Waals surface area contributed by atoms with E-state index in [0.717, 1.165) is 6.54 Å². The largest absolute Gasteiger partial charge is 0.257 e. The van der Waals surface area contributed by atoms with Crippen molar-refractivity contribution < 1.29 is 0 Å². The third-order valence-electron chi connectivity index (χ3n) is 1.32. The highest BCUT2D eigenvalue weighted by Crippen LogP contribution is 1.96. The quantitative estimate of drug-likeness (QED) is 0.233. The molecule has 5 N–H and O–H groups in total. The molecule has 0 saturated heterocycles. The van der Waals surface area contributed by atoms with Gasteiger partial charge in [0.15, 0.2) is 0 Å². The highest BCUT2D eigenvalue weighted by atomic mass is 15.7. The van der Waals surface area contributed by atoms with Crippen LogP contribution in [-0.2, 0) is 0 Å². The van der Waals surface area contributed by atoms with Crippen LogP contribution in [0, 0.1) is 0 Å². The standard InChI is InChI=1S/C6H18N4/c1-2-3-4-5-6-8-10-9-7/h8-10H,2-7H2,1H3. The van der Waals surface area contributed by atoms with Gasteiger partial charge >= 0.3 is 0 Å². The molecular formula is C6H18N4. The number of rotatable bonds is 7. The number of hydrogen-bond acceptors (Lipinski definition) is 4. The zero-order chi connectivity index (χ0) is 7.66. The smallest absolute Gasteiger partial charge is 0.0113 e. The minimum Gasteiger partial charge on any atom is -0.257 e. The molecule has 0 spiro atoms. The van der Waals surface area contributed by atoms with Crippen molar-refractivity contribution in [1.29, 1.82) is 0 Å². The Balaban J connectivity index is 2.65. The van der Waals surface area contributed by atoms with Gasteiger partial charge in [-0.15, -0.1) is 0 Å². The van der Waals surface area contributed by atoms with Crippen LogP contribution < -0.4 is 22.3 Å². The van der Waals surface area contributed by atoms with Gasteiger partial charge in [-0.2, -0.15) is 11.1 Å². The Bertz CT molecular complexity index is 49.7. The van der Waals surface area contributed by atoms with Crippen molar-refractivity contribution in [2.24, 2.45) is 5.84 Å². The molecule has 0 aromatic heterocycles. The average Bonchev–Trinajstić information content (AvgIpc) is 1.97. The van der Waals surface area contributed by atoms with Crippen LogP contribution in [0.3, 0.4) is 0 Å². The van der Waals surface area contributed by atoms with Crippen molar-refractivity contribution in [3.63, 3.8) is 0 Å². The molecule has 0 amide bonds. The van der Waals surface area contributed by atoms with Gasteiger partial charge in [-0.1, -0.05) is 26.2 Å². The molecule has 0 aromatic rings. The lowest BCUT2D eigenvalue weighted by Gasteiger charge is -2.03. The second kappa shape index (κ2) is 8.84. The van der Waals surface area contributed by atoms with E-state index < -0.39 is 0 Å². The van der Waals surface area contributed by atoms with E-state index in [0.29, 0.717) is 0 Å². The van der Waals surface area contributed by atoms with Gasteiger partial charge in [-0.25, -0.2) is 5.43 Å². The van der Waals surface area contributed by atoms with Crippen LogP contribution in [0.25, 0.3) is 0 Å². The minimum atomic E-state index is 0.962. The summed E-state index contributed by atoms with van der Waals surface area (Å²) >= 11 is 0. The monoisotopic (exact) mass is 146 g/mol. The zero-order valence-electron chi connectivity index (χ0n) is 6.61. The Morgan fingerprint density at radius 3 is 2.60 bits per heavy atom. The van der Waals surface area contributed by atoms with Gasteiger partial charge in [0, 0.05) is 6.54 Å². The van der Waals surface area contributed by atoms with E-state index in [9.17, 15) is 0 Å². The van der Waals surface area contributed by atoms with Crippen molar-refractivity contribution in [3.05, 3.63) is 0 Å². The van der Waals surface area contributed by atoms with Crippen LogP contribution in [0.5, 0.6) is 0 Å². The molecule has 0 bridgehead atoms. The number of hydrogen-bond donors (Lipinski definition) is 4. The fourth-order valence-electron chi connectivity index (χ4n) is 0.754. The average molecular weight is 146 g/mol. The molecule has 10 heavy (non-hydrogen) atoms. The van der Waals surface area contributed by atoms with E-state index in [2.05, 4.69) is 23.4 Å². The fraction of sp³-hybridized carbons (Fsp3) is 1.00. The molecule has 62 valence electrons. The summed E-state index contributed by atoms with van der Waals surface area (Å²) in [6, 6.07) is 0. The van der Waals surface area contributed by atoms with Crippen molar-refractivity contribution in [2.45, 2.75) is 32.6 Å². The lowest BCUT2D eigenvalue weighted by Crippen LogP contribution is -2.47. The summed E-state index contributed by atoms with van der Waals surface area (Å²) in [7, 11) is 0. The van der Waals surface area contributed by atoms with Crippen LogP contribution in [0.2, 0.25) is 0 Å². The molecule has 4 heteroatoms. The molecule has 0 unspecified atom stereocenters. The number of nitrogens with two attached hydrogens (primary N) is 1. The third-order valence-corrected chi connectivity index (χ3v) is 1.32. The maximum atomic E-state index is 4.95. The Morgan fingerprint density at radius 2 is 2.00 bits per heavy atom. The number of nitrogens with one attached hydrogen (secondary N) is 3. The fourth-order valence-corrected chi connectivity index (χ4v) is 0.754. The van der Waals surface area contributed by atoms with E-state index >= 15 is 0 Å². The van der Waals surface area contributed by atoms with Gasteiger partial charge in [-0.05, 0) is 6.42 Å². The lowest BCUT2D eigenvalue weighted by atomic mass is 10.2. The topological polar surface area (TPSA) is 62.1 Å². The molecule has 0 saturated carbocycles. The molecule has 0 aromatic carbocycles. The molecule has 0 aliphatic carbocycles. The molecule has 0 rings (SSSR count). The SMILES string of the molecule is CCCCCCNNNN. The summed E-state index contributed by atoms with van der Waals surface area (Å²) in [4.78, 5) is 0. The van der Waals surface area contributed by atoms with Gasteiger partial charge in [-0.3, -0.25) is 5.84 Å². The van der Waals surface area contributed by atoms with E-state index in [1.165, 1.54) is 25.7 Å². The van der Waals surface area contributed by atoms with Crippen LogP contribution in [0.4, 0.5) is 0 Å². The third kappa shape index (κ3) is 7.84. The normalized spacial score (nSPS) is 10.2. The number of hydrazine groups is 3. The second-order valence-corrected chi connectivity index (χ2v) is 2.26. The minimum absolute atomic E-state index is 0.962. The zero-order valence-corrected chi connectivity index (χ0v) is 6.61. The van der Waals surface area contributed by atoms with Crippen LogP contribution in [0.15, 0.2) is 0 Å². The van der Waals surface area contributed by atoms with E-state index in [1.807, 2.05) is 0 Å². The van der Waals surface area contributed by atoms with E-state index in [-0.39, 0.29) is 0 Å². The first-order valence-corrected chi connectivity index (χ1v) is 3.85. The highest BCUT2D eigenvalue weighted by Gasteiger charge is 1.85. The Kier molecular flexibility index (Phi) is 8.70. The molecule has 0 aliphatic rings. The predicted octanol–water partition coefficient (Wildman–Crippen LogP) is 0.0392. The molecule has 0 fully saturated rings. The van der Waals surface area contributed by atoms with Gasteiger partial charge < -0.3 is 0 Å². The Labute approximate surface area is 62.5 Å². The summed E-state index contributed by atoms with van der Waals surface area (Å²) in [5.41, 5.74) is 7.81. The predicted molar refractivity (Wildman–Crippen MR) is 42.6 cm³/mol. The Morgan fingerprint density at radius 1 is 1.20 bits per heavy atom. The summed E-state index contributed by atoms with van der Waals surface area (Å²) in [6.45, 7) is 3.16. The van der Waals surface area contributed by atoms with Crippen molar-refractivity contribution >= 4 is 0 Å². The van der Waals surface area contributed by atoms with Gasteiger partial charge in [0.25, 0.3) is 0 Å². The van der Waals surface area contributed by atoms with Gasteiger partial charge in [0.05, 0.1) is 0 Å². The Hall–Kier alpha value is -0.160. The molecule has 0 atom stereocenters. The lowest BCUT2D eigenvalue weighted by molar-refractivity contribution is 0.433. The maximum Gasteiger partial charge on any atom is 0.0113 e. The van der Waals surface area contributed by atoms with Gasteiger partial charge in [0.2, 0.25) is 0 Å². The maximum absolute atomic E-state index is 4.95. The molecule has 0 radical (unpaired) electrons. The molecule has 4 nitrogen and oxygen atoms in total. The summed E-state index contributed by atoms with van der Waals surface area (Å²) in [5, 5.41) is 0. The van der Waals surface area contributed by atoms with Crippen molar-refractivity contribution in [3.8, 4) is 0 Å². The van der Waals surface area contributed by atoms with Gasteiger partial charge in [0.1, 0.15) is 0 Å². The summed E-state index contributed by atoms with van der Waals surface area (Å²) < 4.78 is 0. The van der Waals surface area contributed by atoms with E-state index in [4.69, 9.17) is 5.84 Å². The first-order valence-electron chi connectivity index (χ1n) is 3.85. The molecule has 0 aliphatic heterocycles. The second-order valence-electron chi connectivity index (χ2n) is 2.26. The van der Waals surface area contributed by atoms with Crippen LogP contribution >= 0.6 is 0 Å². The molecule has 0 heterocycles. The first-order chi connectivity index (χ1) is 4.91. The first kappa shape index (κ1) is 9.84. The van der Waals surface area contributed by atoms with Crippen molar-refractivity contribution in [2.75, 3.05) is 6.54 Å². The summed E-state index contributed by atoms with van der Waals surface area (Å²) in [6.07, 6.45) is 5.08. The van der Waals surface area contributed by atoms with E-state index in [1.54, 1.807) is 0 Å². The van der Waals surface area contributed by atoms with Crippen molar-refractivity contribution in [1.82, 2.24) is 16.5 Å². The highest BCUT2D eigenvalue weighted by molar-refractivity contribution is 4.41. The number of unbranched alkanes of at least 4 members (excludes halogenated alkanes) is 3. The van der Waals surface area contributed by atoms with Crippen LogP contribution in [-0.4, -0.2) is 6.54 Å².